The number of fused-ring (bicyclic) bond motifs is 1. The first-order valence-electron chi connectivity index (χ1n) is 9.91. The van der Waals surface area contributed by atoms with E-state index in [1.807, 2.05) is 0 Å². The van der Waals surface area contributed by atoms with Crippen LogP contribution < -0.4 is 9.47 Å². The zero-order chi connectivity index (χ0) is 24.5. The number of amides is 1. The van der Waals surface area contributed by atoms with Gasteiger partial charge in [-0.1, -0.05) is 25.1 Å². The number of thioether (sulfide) groups is 1. The summed E-state index contributed by atoms with van der Waals surface area (Å²) in [7, 11) is -2.10. The van der Waals surface area contributed by atoms with Gasteiger partial charge in [0.25, 0.3) is 5.91 Å². The largest absolute Gasteiger partial charge is 0.497 e. The molecule has 10 nitrogen and oxygen atoms in total. The summed E-state index contributed by atoms with van der Waals surface area (Å²) in [5.41, 5.74) is 0.823. The number of hydrogen-bond donors (Lipinski definition) is 1. The Labute approximate surface area is 199 Å². The van der Waals surface area contributed by atoms with Gasteiger partial charge in [-0.3, -0.25) is 10.2 Å². The lowest BCUT2D eigenvalue weighted by molar-refractivity contribution is -0.114. The zero-order valence-electron chi connectivity index (χ0n) is 18.0. The maximum Gasteiger partial charge on any atom is 0.343 e. The van der Waals surface area contributed by atoms with Crippen molar-refractivity contribution in [3.8, 4) is 11.5 Å². The van der Waals surface area contributed by atoms with E-state index in [0.29, 0.717) is 16.9 Å². The smallest absolute Gasteiger partial charge is 0.343 e. The number of rotatable bonds is 5. The molecule has 12 heteroatoms. The number of ether oxygens (including phenoxy) is 2. The SMILES string of the molecule is CCS(=O)(=O)C1=NN2C(=N)/C(=C\c3ccc(OC(=O)c4cccc(OC)c4)cc3)C(=O)N=C2S1. The summed E-state index contributed by atoms with van der Waals surface area (Å²) in [6, 6.07) is 12.9. The van der Waals surface area contributed by atoms with Crippen LogP contribution >= 0.6 is 11.8 Å². The number of hydrazone groups is 1. The van der Waals surface area contributed by atoms with E-state index in [0.717, 1.165) is 16.8 Å². The third-order valence-corrected chi connectivity index (χ3v) is 7.88. The van der Waals surface area contributed by atoms with Gasteiger partial charge in [-0.2, -0.15) is 10.0 Å². The van der Waals surface area contributed by atoms with Crippen LogP contribution in [0.3, 0.4) is 0 Å². The fourth-order valence-electron chi connectivity index (χ4n) is 2.94. The molecule has 0 fully saturated rings. The molecule has 0 aromatic heterocycles. The predicted molar refractivity (Wildman–Crippen MR) is 129 cm³/mol. The Balaban J connectivity index is 1.52. The summed E-state index contributed by atoms with van der Waals surface area (Å²) in [5.74, 6) is -0.853. The number of carbonyl (C=O) groups is 2. The predicted octanol–water partition coefficient (Wildman–Crippen LogP) is 2.93. The fraction of sp³-hybridized carbons (Fsp3) is 0.136. The molecule has 1 N–H and O–H groups in total. The summed E-state index contributed by atoms with van der Waals surface area (Å²) in [5, 5.41) is 13.3. The second kappa shape index (κ2) is 9.23. The standard InChI is InChI=1S/C22H18N4O6S2/c1-3-34(29,30)22-25-26-18(23)17(19(27)24-21(26)33-22)11-13-7-9-15(10-8-13)32-20(28)14-5-4-6-16(12-14)31-2/h4-12,23H,3H2,1-2H3/b17-11+,23-18?. The summed E-state index contributed by atoms with van der Waals surface area (Å²) < 4.78 is 34.5. The molecule has 0 atom stereocenters. The van der Waals surface area contributed by atoms with Crippen LogP contribution in [0.15, 0.2) is 64.2 Å². The molecular weight excluding hydrogens is 480 g/mol. The van der Waals surface area contributed by atoms with Crippen molar-refractivity contribution in [1.29, 1.82) is 5.41 Å². The number of sulfone groups is 1. The van der Waals surface area contributed by atoms with Gasteiger partial charge in [0.05, 0.1) is 24.0 Å². The molecule has 174 valence electrons. The highest BCUT2D eigenvalue weighted by Crippen LogP contribution is 2.30. The van der Waals surface area contributed by atoms with E-state index in [4.69, 9.17) is 14.9 Å². The van der Waals surface area contributed by atoms with E-state index in [1.165, 1.54) is 20.1 Å². The quantitative estimate of drug-likeness (QED) is 0.377. The lowest BCUT2D eigenvalue weighted by Gasteiger charge is -2.20. The average molecular weight is 499 g/mol. The second-order valence-corrected chi connectivity index (χ2v) is 10.4. The Morgan fingerprint density at radius 1 is 1.18 bits per heavy atom. The van der Waals surface area contributed by atoms with Crippen molar-refractivity contribution in [2.75, 3.05) is 12.9 Å². The monoisotopic (exact) mass is 498 g/mol. The molecule has 2 aromatic rings. The summed E-state index contributed by atoms with van der Waals surface area (Å²) in [4.78, 5) is 28.7. The van der Waals surface area contributed by atoms with Crippen molar-refractivity contribution in [2.45, 2.75) is 6.92 Å². The van der Waals surface area contributed by atoms with Gasteiger partial charge in [0.15, 0.2) is 5.84 Å². The maximum atomic E-state index is 12.5. The molecule has 0 saturated carbocycles. The number of nitrogens with zero attached hydrogens (tertiary/aromatic N) is 3. The highest BCUT2D eigenvalue weighted by molar-refractivity contribution is 8.42. The van der Waals surface area contributed by atoms with Crippen LogP contribution in [0.2, 0.25) is 0 Å². The topological polar surface area (TPSA) is 139 Å². The van der Waals surface area contributed by atoms with E-state index in [-0.39, 0.29) is 32.5 Å². The molecule has 0 bridgehead atoms. The fourth-order valence-corrected chi connectivity index (χ4v) is 5.10. The van der Waals surface area contributed by atoms with Crippen molar-refractivity contribution in [2.24, 2.45) is 10.1 Å². The van der Waals surface area contributed by atoms with Crippen molar-refractivity contribution in [3.63, 3.8) is 0 Å². The van der Waals surface area contributed by atoms with E-state index in [1.54, 1.807) is 48.5 Å². The van der Waals surface area contributed by atoms with Crippen molar-refractivity contribution >= 4 is 54.9 Å². The van der Waals surface area contributed by atoms with E-state index >= 15 is 0 Å². The van der Waals surface area contributed by atoms with Crippen LogP contribution in [0, 0.1) is 5.41 Å². The molecule has 2 aliphatic rings. The first-order chi connectivity index (χ1) is 16.2. The zero-order valence-corrected chi connectivity index (χ0v) is 19.6. The molecule has 4 rings (SSSR count). The minimum Gasteiger partial charge on any atom is -0.497 e. The van der Waals surface area contributed by atoms with E-state index in [9.17, 15) is 18.0 Å². The highest BCUT2D eigenvalue weighted by Gasteiger charge is 2.39. The lowest BCUT2D eigenvalue weighted by Crippen LogP contribution is -2.35. The van der Waals surface area contributed by atoms with Crippen LogP contribution in [-0.2, 0) is 14.6 Å². The third-order valence-electron chi connectivity index (χ3n) is 4.79. The second-order valence-electron chi connectivity index (χ2n) is 6.98. The number of amidine groups is 2. The molecule has 0 saturated heterocycles. The van der Waals surface area contributed by atoms with Crippen molar-refractivity contribution < 1.29 is 27.5 Å². The number of aliphatic imine (C=N–C) groups is 1. The first-order valence-corrected chi connectivity index (χ1v) is 12.4. The van der Waals surface area contributed by atoms with Crippen molar-refractivity contribution in [3.05, 3.63) is 65.2 Å². The Bertz CT molecular complexity index is 1390. The van der Waals surface area contributed by atoms with Gasteiger partial charge in [0.1, 0.15) is 11.5 Å². The summed E-state index contributed by atoms with van der Waals surface area (Å²) >= 11 is 0.743. The highest BCUT2D eigenvalue weighted by atomic mass is 32.3. The molecule has 0 unspecified atom stereocenters. The van der Waals surface area contributed by atoms with Crippen LogP contribution in [0.25, 0.3) is 6.08 Å². The first kappa shape index (κ1) is 23.4. The molecule has 34 heavy (non-hydrogen) atoms. The summed E-state index contributed by atoms with van der Waals surface area (Å²) in [6.07, 6.45) is 1.44. The molecule has 2 aliphatic heterocycles. The van der Waals surface area contributed by atoms with Gasteiger partial charge in [-0.05, 0) is 53.7 Å². The number of esters is 1. The number of carbonyl (C=O) groups excluding carboxylic acids is 2. The van der Waals surface area contributed by atoms with Gasteiger partial charge >= 0.3 is 5.97 Å². The molecule has 0 radical (unpaired) electrons. The van der Waals surface area contributed by atoms with Gasteiger partial charge in [0.2, 0.25) is 19.4 Å². The Kier molecular flexibility index (Phi) is 6.35. The molecular formula is C22H18N4O6S2. The number of benzene rings is 2. The average Bonchev–Trinajstić information content (AvgIpc) is 3.28. The maximum absolute atomic E-state index is 12.5. The molecule has 2 aromatic carbocycles. The number of methoxy groups -OCH3 is 1. The van der Waals surface area contributed by atoms with Crippen molar-refractivity contribution in [1.82, 2.24) is 5.01 Å². The normalized spacial score (nSPS) is 16.8. The van der Waals surface area contributed by atoms with Gasteiger partial charge < -0.3 is 9.47 Å². The minimum atomic E-state index is -3.60. The minimum absolute atomic E-state index is 0.0268. The number of nitrogens with one attached hydrogen (secondary N) is 1. The van der Waals surface area contributed by atoms with Crippen LogP contribution in [0.4, 0.5) is 0 Å². The van der Waals surface area contributed by atoms with Gasteiger partial charge in [-0.15, -0.1) is 5.10 Å². The van der Waals surface area contributed by atoms with E-state index in [2.05, 4.69) is 10.1 Å². The molecule has 0 aliphatic carbocycles. The van der Waals surface area contributed by atoms with E-state index < -0.39 is 21.7 Å². The van der Waals surface area contributed by atoms with Crippen LogP contribution in [-0.4, -0.2) is 53.5 Å². The lowest BCUT2D eigenvalue weighted by atomic mass is 10.1. The van der Waals surface area contributed by atoms with Crippen LogP contribution in [0.5, 0.6) is 11.5 Å². The Hall–Kier alpha value is -3.77. The van der Waals surface area contributed by atoms with Crippen LogP contribution in [0.1, 0.15) is 22.8 Å². The van der Waals surface area contributed by atoms with Gasteiger partial charge in [-0.25, -0.2) is 13.2 Å². The Morgan fingerprint density at radius 3 is 2.59 bits per heavy atom. The summed E-state index contributed by atoms with van der Waals surface area (Å²) in [6.45, 7) is 1.48. The molecule has 0 spiro atoms. The van der Waals surface area contributed by atoms with Gasteiger partial charge in [0, 0.05) is 0 Å². The Morgan fingerprint density at radius 2 is 1.91 bits per heavy atom. The molecule has 2 heterocycles. The molecule has 1 amide bonds. The third kappa shape index (κ3) is 4.63. The number of hydrogen-bond acceptors (Lipinski definition) is 9.